The number of carbonyl (C=O) groups excluding carboxylic acids is 2. The summed E-state index contributed by atoms with van der Waals surface area (Å²) >= 11 is 0. The summed E-state index contributed by atoms with van der Waals surface area (Å²) in [6, 6.07) is 16.9. The Bertz CT molecular complexity index is 1020. The number of anilines is 1. The Labute approximate surface area is 189 Å². The third kappa shape index (κ3) is 5.77. The highest BCUT2D eigenvalue weighted by molar-refractivity contribution is 6.04. The van der Waals surface area contributed by atoms with E-state index in [4.69, 9.17) is 4.42 Å². The number of nitrogens with zero attached hydrogens (tertiary/aromatic N) is 1. The predicted octanol–water partition coefficient (Wildman–Crippen LogP) is 4.61. The lowest BCUT2D eigenvalue weighted by molar-refractivity contribution is -0.121. The van der Waals surface area contributed by atoms with Gasteiger partial charge in [-0.1, -0.05) is 43.7 Å². The number of rotatable bonds is 8. The lowest BCUT2D eigenvalue weighted by Gasteiger charge is -2.32. The molecule has 6 heteroatoms. The van der Waals surface area contributed by atoms with E-state index in [9.17, 15) is 9.59 Å². The van der Waals surface area contributed by atoms with Gasteiger partial charge in [-0.15, -0.1) is 0 Å². The summed E-state index contributed by atoms with van der Waals surface area (Å²) in [5.74, 6) is 0.0310. The first-order chi connectivity index (χ1) is 15.6. The summed E-state index contributed by atoms with van der Waals surface area (Å²) in [7, 11) is 0. The van der Waals surface area contributed by atoms with Gasteiger partial charge in [0.05, 0.1) is 6.42 Å². The maximum Gasteiger partial charge on any atom is 0.291 e. The molecule has 0 bridgehead atoms. The standard InChI is InChI=1S/C26H31N3O3/c1-2-3-14-29-15-12-22(13-16-29)27-25(30)17-19-8-10-21(11-9-19)28-26(31)24-18-20-6-4-5-7-23(20)32-24/h4-11,18,22H,2-3,12-17H2,1H3,(H,27,30)(H,28,31). The molecule has 32 heavy (non-hydrogen) atoms. The molecule has 2 heterocycles. The Morgan fingerprint density at radius 3 is 2.53 bits per heavy atom. The van der Waals surface area contributed by atoms with Crippen LogP contribution >= 0.6 is 0 Å². The summed E-state index contributed by atoms with van der Waals surface area (Å²) in [6.45, 7) is 5.50. The van der Waals surface area contributed by atoms with Crippen molar-refractivity contribution >= 4 is 28.5 Å². The molecule has 0 saturated carbocycles. The summed E-state index contributed by atoms with van der Waals surface area (Å²) in [5.41, 5.74) is 2.27. The number of para-hydroxylation sites is 1. The molecule has 0 aliphatic carbocycles. The first kappa shape index (κ1) is 22.1. The normalized spacial score (nSPS) is 15.0. The second-order valence-electron chi connectivity index (χ2n) is 8.51. The molecule has 0 unspecified atom stereocenters. The molecule has 1 saturated heterocycles. The van der Waals surface area contributed by atoms with Crippen LogP contribution < -0.4 is 10.6 Å². The maximum atomic E-state index is 12.5. The molecule has 2 amide bonds. The highest BCUT2D eigenvalue weighted by atomic mass is 16.3. The number of nitrogens with one attached hydrogen (secondary N) is 2. The van der Waals surface area contributed by atoms with E-state index in [1.54, 1.807) is 6.07 Å². The van der Waals surface area contributed by atoms with Crippen LogP contribution in [0.2, 0.25) is 0 Å². The van der Waals surface area contributed by atoms with E-state index in [0.29, 0.717) is 17.7 Å². The third-order valence-corrected chi connectivity index (χ3v) is 6.01. The minimum atomic E-state index is -0.294. The molecule has 1 fully saturated rings. The molecule has 6 nitrogen and oxygen atoms in total. The number of piperidine rings is 1. The molecule has 2 aromatic carbocycles. The monoisotopic (exact) mass is 433 g/mol. The zero-order chi connectivity index (χ0) is 22.3. The van der Waals surface area contributed by atoms with Crippen LogP contribution in [0.15, 0.2) is 59.0 Å². The van der Waals surface area contributed by atoms with Crippen molar-refractivity contribution in [1.82, 2.24) is 10.2 Å². The number of amides is 2. The van der Waals surface area contributed by atoms with Crippen molar-refractivity contribution in [3.8, 4) is 0 Å². The van der Waals surface area contributed by atoms with Gasteiger partial charge in [0, 0.05) is 30.2 Å². The van der Waals surface area contributed by atoms with E-state index in [1.807, 2.05) is 48.5 Å². The van der Waals surface area contributed by atoms with Crippen molar-refractivity contribution in [3.05, 3.63) is 65.9 Å². The van der Waals surface area contributed by atoms with E-state index < -0.39 is 0 Å². The van der Waals surface area contributed by atoms with Crippen molar-refractivity contribution < 1.29 is 14.0 Å². The fourth-order valence-electron chi connectivity index (χ4n) is 4.14. The zero-order valence-corrected chi connectivity index (χ0v) is 18.6. The second-order valence-corrected chi connectivity index (χ2v) is 8.51. The molecular weight excluding hydrogens is 402 g/mol. The molecule has 0 radical (unpaired) electrons. The number of likely N-dealkylation sites (tertiary alicyclic amines) is 1. The molecule has 1 aliphatic heterocycles. The summed E-state index contributed by atoms with van der Waals surface area (Å²) in [4.78, 5) is 27.4. The summed E-state index contributed by atoms with van der Waals surface area (Å²) in [6.07, 6.45) is 4.84. The zero-order valence-electron chi connectivity index (χ0n) is 18.6. The van der Waals surface area contributed by atoms with Gasteiger partial charge in [0.25, 0.3) is 5.91 Å². The summed E-state index contributed by atoms with van der Waals surface area (Å²) in [5, 5.41) is 6.92. The smallest absolute Gasteiger partial charge is 0.291 e. The van der Waals surface area contributed by atoms with E-state index in [-0.39, 0.29) is 23.6 Å². The van der Waals surface area contributed by atoms with Gasteiger partial charge in [-0.2, -0.15) is 0 Å². The number of carbonyl (C=O) groups is 2. The molecule has 3 aromatic rings. The van der Waals surface area contributed by atoms with Gasteiger partial charge >= 0.3 is 0 Å². The van der Waals surface area contributed by atoms with Crippen molar-refractivity contribution in [2.24, 2.45) is 0 Å². The van der Waals surface area contributed by atoms with Crippen molar-refractivity contribution in [1.29, 1.82) is 0 Å². The Balaban J connectivity index is 1.24. The Morgan fingerprint density at radius 2 is 1.81 bits per heavy atom. The molecular formula is C26H31N3O3. The summed E-state index contributed by atoms with van der Waals surface area (Å²) < 4.78 is 5.61. The van der Waals surface area contributed by atoms with Gasteiger partial charge in [0.1, 0.15) is 5.58 Å². The van der Waals surface area contributed by atoms with Crippen molar-refractivity contribution in [3.63, 3.8) is 0 Å². The van der Waals surface area contributed by atoms with Crippen LogP contribution in [0.25, 0.3) is 11.0 Å². The van der Waals surface area contributed by atoms with Gasteiger partial charge in [-0.05, 0) is 55.6 Å². The highest BCUT2D eigenvalue weighted by Crippen LogP contribution is 2.20. The number of unbranched alkanes of at least 4 members (excludes halogenated alkanes) is 1. The lowest BCUT2D eigenvalue weighted by Crippen LogP contribution is -2.45. The largest absolute Gasteiger partial charge is 0.451 e. The van der Waals surface area contributed by atoms with E-state index >= 15 is 0 Å². The number of hydrogen-bond acceptors (Lipinski definition) is 4. The Morgan fingerprint density at radius 1 is 1.06 bits per heavy atom. The van der Waals surface area contributed by atoms with Gasteiger partial charge < -0.3 is 20.0 Å². The molecule has 2 N–H and O–H groups in total. The van der Waals surface area contributed by atoms with Crippen LogP contribution in [-0.2, 0) is 11.2 Å². The van der Waals surface area contributed by atoms with Crippen LogP contribution in [0.3, 0.4) is 0 Å². The molecule has 168 valence electrons. The van der Waals surface area contributed by atoms with Gasteiger partial charge in [0.2, 0.25) is 5.91 Å². The first-order valence-electron chi connectivity index (χ1n) is 11.5. The number of benzene rings is 2. The van der Waals surface area contributed by atoms with Crippen LogP contribution in [0.1, 0.15) is 48.7 Å². The molecule has 0 atom stereocenters. The minimum absolute atomic E-state index is 0.0519. The van der Waals surface area contributed by atoms with E-state index in [1.165, 1.54) is 12.8 Å². The second kappa shape index (κ2) is 10.5. The molecule has 0 spiro atoms. The predicted molar refractivity (Wildman–Crippen MR) is 127 cm³/mol. The van der Waals surface area contributed by atoms with Crippen LogP contribution in [0.4, 0.5) is 5.69 Å². The molecule has 1 aliphatic rings. The number of furan rings is 1. The first-order valence-corrected chi connectivity index (χ1v) is 11.5. The average molecular weight is 434 g/mol. The van der Waals surface area contributed by atoms with Crippen molar-refractivity contribution in [2.45, 2.75) is 45.1 Å². The van der Waals surface area contributed by atoms with E-state index in [2.05, 4.69) is 22.5 Å². The number of fused-ring (bicyclic) bond motifs is 1. The molecule has 1 aromatic heterocycles. The SMILES string of the molecule is CCCCN1CCC(NC(=O)Cc2ccc(NC(=O)c3cc4ccccc4o3)cc2)CC1. The molecule has 4 rings (SSSR count). The van der Waals surface area contributed by atoms with Crippen LogP contribution in [0, 0.1) is 0 Å². The topological polar surface area (TPSA) is 74.6 Å². The lowest BCUT2D eigenvalue weighted by atomic mass is 10.0. The average Bonchev–Trinajstić information content (AvgIpc) is 3.24. The third-order valence-electron chi connectivity index (χ3n) is 6.01. The van der Waals surface area contributed by atoms with Gasteiger partial charge in [0.15, 0.2) is 5.76 Å². The highest BCUT2D eigenvalue weighted by Gasteiger charge is 2.20. The van der Waals surface area contributed by atoms with Crippen molar-refractivity contribution in [2.75, 3.05) is 25.0 Å². The number of hydrogen-bond donors (Lipinski definition) is 2. The fraction of sp³-hybridized carbons (Fsp3) is 0.385. The fourth-order valence-corrected chi connectivity index (χ4v) is 4.14. The maximum absolute atomic E-state index is 12.5. The van der Waals surface area contributed by atoms with Crippen LogP contribution in [-0.4, -0.2) is 42.4 Å². The Hall–Kier alpha value is -3.12. The van der Waals surface area contributed by atoms with E-state index in [0.717, 1.165) is 43.4 Å². The van der Waals surface area contributed by atoms with Gasteiger partial charge in [-0.3, -0.25) is 9.59 Å². The van der Waals surface area contributed by atoms with Gasteiger partial charge in [-0.25, -0.2) is 0 Å². The Kier molecular flexibility index (Phi) is 7.22. The minimum Gasteiger partial charge on any atom is -0.451 e. The quantitative estimate of drug-likeness (QED) is 0.544. The van der Waals surface area contributed by atoms with Crippen LogP contribution in [0.5, 0.6) is 0 Å².